The molecule has 108 valence electrons. The fourth-order valence-corrected chi connectivity index (χ4v) is 2.25. The highest BCUT2D eigenvalue weighted by molar-refractivity contribution is 6.54. The quantitative estimate of drug-likeness (QED) is 0.720. The first-order valence-corrected chi connectivity index (χ1v) is 7.06. The smallest absolute Gasteiger partial charge is 0.398 e. The molecule has 1 fully saturated rings. The summed E-state index contributed by atoms with van der Waals surface area (Å²) in [5.41, 5.74) is -1.14. The van der Waals surface area contributed by atoms with Crippen LogP contribution in [0.1, 0.15) is 33.3 Å². The largest absolute Gasteiger partial charge is 0.525 e. The Bertz CT molecular complexity index is 542. The van der Waals surface area contributed by atoms with Gasteiger partial charge in [-0.15, -0.1) is 0 Å². The van der Waals surface area contributed by atoms with Gasteiger partial charge in [0.2, 0.25) is 0 Å². The van der Waals surface area contributed by atoms with Crippen molar-refractivity contribution in [2.45, 2.75) is 38.9 Å². The van der Waals surface area contributed by atoms with Crippen LogP contribution in [0, 0.1) is 0 Å². The summed E-state index contributed by atoms with van der Waals surface area (Å²) >= 11 is 11.8. The fourth-order valence-electron chi connectivity index (χ4n) is 1.79. The number of benzene rings is 1. The van der Waals surface area contributed by atoms with E-state index in [1.807, 2.05) is 27.7 Å². The van der Waals surface area contributed by atoms with Crippen molar-refractivity contribution in [2.24, 2.45) is 0 Å². The van der Waals surface area contributed by atoms with Gasteiger partial charge in [0.1, 0.15) is 5.73 Å². The van der Waals surface area contributed by atoms with E-state index >= 15 is 0 Å². The summed E-state index contributed by atoms with van der Waals surface area (Å²) in [6.45, 7) is 7.48. The van der Waals surface area contributed by atoms with Crippen LogP contribution in [0.4, 0.5) is 4.39 Å². The molecule has 1 aromatic rings. The first-order valence-electron chi connectivity index (χ1n) is 6.30. The second-order valence-corrected chi connectivity index (χ2v) is 6.63. The molecule has 1 saturated heterocycles. The molecule has 0 aromatic heterocycles. The summed E-state index contributed by atoms with van der Waals surface area (Å²) in [5, 5.41) is 0.882. The van der Waals surface area contributed by atoms with Gasteiger partial charge < -0.3 is 9.31 Å². The summed E-state index contributed by atoms with van der Waals surface area (Å²) < 4.78 is 25.5. The van der Waals surface area contributed by atoms with Gasteiger partial charge in [0.05, 0.1) is 11.2 Å². The lowest BCUT2D eigenvalue weighted by Crippen LogP contribution is -2.41. The van der Waals surface area contributed by atoms with E-state index < -0.39 is 24.0 Å². The van der Waals surface area contributed by atoms with Crippen LogP contribution in [-0.4, -0.2) is 18.3 Å². The van der Waals surface area contributed by atoms with Gasteiger partial charge in [-0.1, -0.05) is 29.3 Å². The second-order valence-electron chi connectivity index (χ2n) is 5.78. The van der Waals surface area contributed by atoms with Crippen LogP contribution < -0.4 is 0 Å². The molecule has 0 atom stereocenters. The van der Waals surface area contributed by atoms with E-state index in [1.54, 1.807) is 18.2 Å². The Balaban J connectivity index is 2.24. The Labute approximate surface area is 129 Å². The van der Waals surface area contributed by atoms with Gasteiger partial charge in [0.25, 0.3) is 0 Å². The van der Waals surface area contributed by atoms with Crippen LogP contribution in [0.3, 0.4) is 0 Å². The maximum atomic E-state index is 14.3. The number of rotatable bonds is 2. The summed E-state index contributed by atoms with van der Waals surface area (Å²) in [6, 6.07) is 4.86. The highest BCUT2D eigenvalue weighted by Gasteiger charge is 2.53. The molecule has 6 heteroatoms. The van der Waals surface area contributed by atoms with Gasteiger partial charge in [-0.2, -0.15) is 0 Å². The highest BCUT2D eigenvalue weighted by atomic mass is 35.5. The summed E-state index contributed by atoms with van der Waals surface area (Å²) in [7, 11) is -1.02. The molecule has 0 spiro atoms. The fraction of sp³-hybridized carbons (Fsp3) is 0.429. The standard InChI is InChI=1S/C14H16BCl2FO2/c1-13(2)14(3,4)20-15(19-13)12(18)7-9-5-6-10(16)8-11(9)17/h5-8H,1-4H3. The van der Waals surface area contributed by atoms with E-state index in [9.17, 15) is 4.39 Å². The molecule has 0 bridgehead atoms. The van der Waals surface area contributed by atoms with Crippen molar-refractivity contribution in [1.82, 2.24) is 0 Å². The Kier molecular flexibility index (Phi) is 4.23. The van der Waals surface area contributed by atoms with Crippen LogP contribution in [0.5, 0.6) is 0 Å². The Morgan fingerprint density at radius 2 is 1.70 bits per heavy atom. The minimum atomic E-state index is -1.02. The van der Waals surface area contributed by atoms with E-state index in [4.69, 9.17) is 32.5 Å². The van der Waals surface area contributed by atoms with Crippen molar-refractivity contribution in [2.75, 3.05) is 0 Å². The average molecular weight is 317 g/mol. The van der Waals surface area contributed by atoms with Crippen LogP contribution in [0.2, 0.25) is 10.0 Å². The van der Waals surface area contributed by atoms with Gasteiger partial charge in [-0.3, -0.25) is 0 Å². The van der Waals surface area contributed by atoms with Gasteiger partial charge in [-0.05, 0) is 51.5 Å². The molecule has 0 N–H and O–H groups in total. The third-order valence-electron chi connectivity index (χ3n) is 3.73. The zero-order valence-corrected chi connectivity index (χ0v) is 13.3. The molecule has 0 saturated carbocycles. The van der Waals surface area contributed by atoms with Crippen LogP contribution >= 0.6 is 23.2 Å². The van der Waals surface area contributed by atoms with Crippen molar-refractivity contribution in [3.05, 3.63) is 39.5 Å². The van der Waals surface area contributed by atoms with Crippen LogP contribution in [0.25, 0.3) is 6.08 Å². The zero-order chi connectivity index (χ0) is 15.1. The third-order valence-corrected chi connectivity index (χ3v) is 4.30. The Morgan fingerprint density at radius 3 is 2.20 bits per heavy atom. The Hall–Kier alpha value is -0.545. The van der Waals surface area contributed by atoms with Gasteiger partial charge >= 0.3 is 7.12 Å². The van der Waals surface area contributed by atoms with E-state index in [0.717, 1.165) is 0 Å². The molecule has 0 amide bonds. The zero-order valence-electron chi connectivity index (χ0n) is 11.8. The lowest BCUT2D eigenvalue weighted by Gasteiger charge is -2.32. The maximum absolute atomic E-state index is 14.3. The van der Waals surface area contributed by atoms with Gasteiger partial charge in [-0.25, -0.2) is 4.39 Å². The summed E-state index contributed by atoms with van der Waals surface area (Å²) in [5.74, 6) is 0. The topological polar surface area (TPSA) is 18.5 Å². The molecular formula is C14H16BCl2FO2. The summed E-state index contributed by atoms with van der Waals surface area (Å²) in [6.07, 6.45) is 1.31. The van der Waals surface area contributed by atoms with Crippen molar-refractivity contribution in [3.63, 3.8) is 0 Å². The van der Waals surface area contributed by atoms with Crippen molar-refractivity contribution in [3.8, 4) is 0 Å². The molecular weight excluding hydrogens is 301 g/mol. The molecule has 1 aliphatic heterocycles. The van der Waals surface area contributed by atoms with Crippen LogP contribution in [-0.2, 0) is 9.31 Å². The maximum Gasteiger partial charge on any atom is 0.525 e. The number of halogens is 3. The van der Waals surface area contributed by atoms with Crippen LogP contribution in [0.15, 0.2) is 23.9 Å². The molecule has 20 heavy (non-hydrogen) atoms. The minimum Gasteiger partial charge on any atom is -0.398 e. The van der Waals surface area contributed by atoms with Crippen molar-refractivity contribution >= 4 is 36.4 Å². The molecule has 0 aliphatic carbocycles. The van der Waals surface area contributed by atoms with Crippen molar-refractivity contribution < 1.29 is 13.7 Å². The first kappa shape index (κ1) is 15.8. The van der Waals surface area contributed by atoms with E-state index in [0.29, 0.717) is 15.6 Å². The van der Waals surface area contributed by atoms with E-state index in [2.05, 4.69) is 0 Å². The molecule has 0 radical (unpaired) electrons. The lowest BCUT2D eigenvalue weighted by molar-refractivity contribution is 0.00578. The normalized spacial score (nSPS) is 21.4. The predicted molar refractivity (Wildman–Crippen MR) is 81.6 cm³/mol. The molecule has 0 unspecified atom stereocenters. The third kappa shape index (κ3) is 3.04. The molecule has 2 nitrogen and oxygen atoms in total. The van der Waals surface area contributed by atoms with Gasteiger partial charge in [0, 0.05) is 10.0 Å². The first-order chi connectivity index (χ1) is 9.12. The second kappa shape index (κ2) is 5.34. The lowest BCUT2D eigenvalue weighted by atomic mass is 9.87. The number of hydrogen-bond donors (Lipinski definition) is 0. The number of hydrogen-bond acceptors (Lipinski definition) is 2. The molecule has 1 aromatic carbocycles. The average Bonchev–Trinajstić information content (AvgIpc) is 2.52. The summed E-state index contributed by atoms with van der Waals surface area (Å²) in [4.78, 5) is 0. The minimum absolute atomic E-state index is 0.379. The van der Waals surface area contributed by atoms with Gasteiger partial charge in [0.15, 0.2) is 0 Å². The monoisotopic (exact) mass is 316 g/mol. The SMILES string of the molecule is CC1(C)OB(C(F)=Cc2ccc(Cl)cc2Cl)OC1(C)C. The van der Waals surface area contributed by atoms with Crippen molar-refractivity contribution in [1.29, 1.82) is 0 Å². The Morgan fingerprint density at radius 1 is 1.15 bits per heavy atom. The van der Waals surface area contributed by atoms with E-state index in [-0.39, 0.29) is 0 Å². The molecule has 1 aliphatic rings. The van der Waals surface area contributed by atoms with E-state index in [1.165, 1.54) is 6.08 Å². The highest BCUT2D eigenvalue weighted by Crippen LogP contribution is 2.39. The predicted octanol–water partition coefficient (Wildman–Crippen LogP) is 4.94. The molecule has 1 heterocycles. The molecule has 2 rings (SSSR count).